The minimum absolute atomic E-state index is 0.129. The molecule has 0 saturated heterocycles. The van der Waals surface area contributed by atoms with E-state index in [0.717, 1.165) is 5.56 Å². The van der Waals surface area contributed by atoms with Crippen LogP contribution in [0.5, 0.6) is 0 Å². The van der Waals surface area contributed by atoms with Gasteiger partial charge in [0, 0.05) is 6.16 Å². The number of ether oxygens (including phenoxy) is 1. The summed E-state index contributed by atoms with van der Waals surface area (Å²) in [7, 11) is -3.35. The van der Waals surface area contributed by atoms with Crippen molar-refractivity contribution in [1.82, 2.24) is 5.32 Å². The molecule has 0 aliphatic rings. The van der Waals surface area contributed by atoms with Gasteiger partial charge in [-0.05, 0) is 12.0 Å². The van der Waals surface area contributed by atoms with Crippen LogP contribution in [0.25, 0.3) is 0 Å². The van der Waals surface area contributed by atoms with Crippen molar-refractivity contribution in [2.75, 3.05) is 6.16 Å². The first-order chi connectivity index (χ1) is 8.99. The van der Waals surface area contributed by atoms with E-state index in [0.29, 0.717) is 6.42 Å². The predicted octanol–water partition coefficient (Wildman–Crippen LogP) is 2.94. The molecule has 2 N–H and O–H groups in total. The molecule has 1 rings (SSSR count). The molecular weight excluding hydrogens is 265 g/mol. The van der Waals surface area contributed by atoms with Crippen LogP contribution in [0.2, 0.25) is 0 Å². The molecule has 2 atom stereocenters. The molecule has 106 valence electrons. The lowest BCUT2D eigenvalue weighted by atomic mass is 10.2. The Labute approximate surface area is 113 Å². The van der Waals surface area contributed by atoms with Crippen LogP contribution in [0, 0.1) is 0 Å². The van der Waals surface area contributed by atoms with Gasteiger partial charge in [0.1, 0.15) is 12.4 Å². The van der Waals surface area contributed by atoms with Gasteiger partial charge in [-0.2, -0.15) is 0 Å². The molecular formula is C13H20NO4P. The highest BCUT2D eigenvalue weighted by Crippen LogP contribution is 2.45. The molecule has 0 aliphatic carbocycles. The van der Waals surface area contributed by atoms with E-state index in [-0.39, 0.29) is 12.8 Å². The zero-order valence-corrected chi connectivity index (χ0v) is 12.1. The molecule has 1 amide bonds. The van der Waals surface area contributed by atoms with Crippen molar-refractivity contribution in [3.63, 3.8) is 0 Å². The Morgan fingerprint density at radius 1 is 1.37 bits per heavy atom. The van der Waals surface area contributed by atoms with Gasteiger partial charge >= 0.3 is 6.09 Å². The molecule has 0 fully saturated rings. The number of nitrogens with one attached hydrogen (secondary N) is 1. The van der Waals surface area contributed by atoms with Gasteiger partial charge in [-0.25, -0.2) is 4.79 Å². The monoisotopic (exact) mass is 285 g/mol. The summed E-state index contributed by atoms with van der Waals surface area (Å²) in [5.41, 5.74) is 0.869. The average Bonchev–Trinajstić information content (AvgIpc) is 2.43. The lowest BCUT2D eigenvalue weighted by Gasteiger charge is -2.21. The van der Waals surface area contributed by atoms with Gasteiger partial charge in [0.25, 0.3) is 0 Å². The molecule has 19 heavy (non-hydrogen) atoms. The van der Waals surface area contributed by atoms with Gasteiger partial charge in [-0.1, -0.05) is 44.2 Å². The fraction of sp³-hybridized carbons (Fsp3) is 0.462. The Hall–Kier alpha value is -1.32. The number of carbonyl (C=O) groups is 1. The average molecular weight is 285 g/mol. The van der Waals surface area contributed by atoms with Crippen molar-refractivity contribution in [2.24, 2.45) is 0 Å². The fourth-order valence-corrected chi connectivity index (χ4v) is 2.93. The molecule has 0 saturated carbocycles. The minimum Gasteiger partial charge on any atom is -0.445 e. The van der Waals surface area contributed by atoms with Crippen molar-refractivity contribution in [1.29, 1.82) is 0 Å². The maximum Gasteiger partial charge on any atom is 0.408 e. The molecule has 1 aromatic carbocycles. The first-order valence-electron chi connectivity index (χ1n) is 6.28. The van der Waals surface area contributed by atoms with Crippen LogP contribution in [0.4, 0.5) is 4.79 Å². The molecule has 6 heteroatoms. The van der Waals surface area contributed by atoms with Crippen molar-refractivity contribution in [3.05, 3.63) is 35.9 Å². The highest BCUT2D eigenvalue weighted by atomic mass is 31.2. The number of hydrogen-bond donors (Lipinski definition) is 2. The molecule has 0 aliphatic heterocycles. The number of hydrogen-bond acceptors (Lipinski definition) is 3. The van der Waals surface area contributed by atoms with E-state index in [4.69, 9.17) is 4.74 Å². The predicted molar refractivity (Wildman–Crippen MR) is 74.2 cm³/mol. The first kappa shape index (κ1) is 15.7. The van der Waals surface area contributed by atoms with Crippen molar-refractivity contribution in [2.45, 2.75) is 32.7 Å². The van der Waals surface area contributed by atoms with Crippen LogP contribution < -0.4 is 5.32 Å². The molecule has 2 unspecified atom stereocenters. The number of carbonyl (C=O) groups excluding carboxylic acids is 1. The summed E-state index contributed by atoms with van der Waals surface area (Å²) in [5, 5.41) is 2.45. The third kappa shape index (κ3) is 5.05. The van der Waals surface area contributed by atoms with Gasteiger partial charge in [0.05, 0.1) is 0 Å². The summed E-state index contributed by atoms with van der Waals surface area (Å²) in [4.78, 5) is 21.3. The zero-order valence-electron chi connectivity index (χ0n) is 11.2. The van der Waals surface area contributed by atoms with Crippen LogP contribution in [0.15, 0.2) is 30.3 Å². The van der Waals surface area contributed by atoms with Crippen LogP contribution in [-0.4, -0.2) is 22.9 Å². The maximum absolute atomic E-state index is 11.8. The van der Waals surface area contributed by atoms with E-state index in [2.05, 4.69) is 5.32 Å². The Kier molecular flexibility index (Phi) is 6.06. The Morgan fingerprint density at radius 3 is 2.53 bits per heavy atom. The largest absolute Gasteiger partial charge is 0.445 e. The summed E-state index contributed by atoms with van der Waals surface area (Å²) in [5.74, 6) is -0.749. The summed E-state index contributed by atoms with van der Waals surface area (Å²) >= 11 is 0. The molecule has 0 aromatic heterocycles. The van der Waals surface area contributed by atoms with Gasteiger partial charge in [-0.15, -0.1) is 0 Å². The summed E-state index contributed by atoms with van der Waals surface area (Å²) < 4.78 is 16.8. The van der Waals surface area contributed by atoms with E-state index in [1.165, 1.54) is 0 Å². The van der Waals surface area contributed by atoms with Gasteiger partial charge in [-0.3, -0.25) is 4.57 Å². The smallest absolute Gasteiger partial charge is 0.408 e. The fourth-order valence-electron chi connectivity index (χ4n) is 1.61. The van der Waals surface area contributed by atoms with Gasteiger partial charge in [0.15, 0.2) is 0 Å². The van der Waals surface area contributed by atoms with Gasteiger partial charge in [0.2, 0.25) is 7.37 Å². The molecule has 0 bridgehead atoms. The third-order valence-corrected chi connectivity index (χ3v) is 5.20. The highest BCUT2D eigenvalue weighted by Gasteiger charge is 2.29. The van der Waals surface area contributed by atoms with Crippen LogP contribution >= 0.6 is 7.37 Å². The number of alkyl carbamates (subject to hydrolysis) is 1. The second kappa shape index (κ2) is 7.31. The highest BCUT2D eigenvalue weighted by molar-refractivity contribution is 7.58. The molecule has 1 aromatic rings. The van der Waals surface area contributed by atoms with Crippen molar-refractivity contribution < 1.29 is 19.0 Å². The maximum atomic E-state index is 11.8. The quantitative estimate of drug-likeness (QED) is 0.788. The summed E-state index contributed by atoms with van der Waals surface area (Å²) in [6.45, 7) is 3.52. The topological polar surface area (TPSA) is 75.6 Å². The minimum atomic E-state index is -3.35. The second-order valence-corrected chi connectivity index (χ2v) is 6.97. The number of amides is 1. The Bertz CT molecular complexity index is 449. The third-order valence-electron chi connectivity index (χ3n) is 2.82. The SMILES string of the molecule is CCC(NC(=O)OCc1ccccc1)P(=O)(O)CC. The lowest BCUT2D eigenvalue weighted by Crippen LogP contribution is -2.35. The number of benzene rings is 1. The van der Waals surface area contributed by atoms with E-state index < -0.39 is 19.2 Å². The molecule has 5 nitrogen and oxygen atoms in total. The van der Waals surface area contributed by atoms with Crippen molar-refractivity contribution >= 4 is 13.5 Å². The van der Waals surface area contributed by atoms with Crippen LogP contribution in [0.3, 0.4) is 0 Å². The van der Waals surface area contributed by atoms with Crippen LogP contribution in [0.1, 0.15) is 25.8 Å². The van der Waals surface area contributed by atoms with Gasteiger partial charge < -0.3 is 14.9 Å². The van der Waals surface area contributed by atoms with E-state index in [1.54, 1.807) is 13.8 Å². The van der Waals surface area contributed by atoms with E-state index >= 15 is 0 Å². The zero-order chi connectivity index (χ0) is 14.3. The lowest BCUT2D eigenvalue weighted by molar-refractivity contribution is 0.137. The molecule has 0 radical (unpaired) electrons. The standard InChI is InChI=1S/C13H20NO4P/c1-3-12(19(16,17)4-2)14-13(15)18-10-11-8-6-5-7-9-11/h5-9,12H,3-4,10H2,1-2H3,(H,14,15)(H,16,17). The summed E-state index contributed by atoms with van der Waals surface area (Å²) in [6.07, 6.45) is -0.148. The normalized spacial score (nSPS) is 15.3. The molecule has 0 spiro atoms. The first-order valence-corrected chi connectivity index (χ1v) is 8.19. The molecule has 0 heterocycles. The Morgan fingerprint density at radius 2 is 2.00 bits per heavy atom. The number of rotatable bonds is 6. The van der Waals surface area contributed by atoms with Crippen LogP contribution in [-0.2, 0) is 15.9 Å². The summed E-state index contributed by atoms with van der Waals surface area (Å²) in [6, 6.07) is 9.26. The Balaban J connectivity index is 2.48. The van der Waals surface area contributed by atoms with Crippen molar-refractivity contribution in [3.8, 4) is 0 Å². The van der Waals surface area contributed by atoms with E-state index in [9.17, 15) is 14.3 Å². The second-order valence-electron chi connectivity index (χ2n) is 4.20. The van der Waals surface area contributed by atoms with E-state index in [1.807, 2.05) is 30.3 Å².